The highest BCUT2D eigenvalue weighted by Gasteiger charge is 2.15. The van der Waals surface area contributed by atoms with Gasteiger partial charge < -0.3 is 15.3 Å². The fourth-order valence-corrected chi connectivity index (χ4v) is 1.66. The second-order valence-corrected chi connectivity index (χ2v) is 4.77. The smallest absolute Gasteiger partial charge is 0.320 e. The van der Waals surface area contributed by atoms with Crippen molar-refractivity contribution in [2.75, 3.05) is 39.2 Å². The molecule has 0 saturated heterocycles. The Morgan fingerprint density at radius 2 is 2.20 bits per heavy atom. The molecule has 0 aromatic rings. The fraction of sp³-hybridized carbons (Fsp3) is 0.900. The molecule has 0 aromatic heterocycles. The van der Waals surface area contributed by atoms with Crippen molar-refractivity contribution in [2.45, 2.75) is 18.9 Å². The lowest BCUT2D eigenvalue weighted by atomic mass is 10.1. The van der Waals surface area contributed by atoms with E-state index in [0.29, 0.717) is 6.42 Å². The standard InChI is InChI=1S/C10H22N2O2S/c1-12(2)7-6-11-9(10(13)14)5-4-8-15-3/h9,11H,4-8H2,1-3H3,(H,13,14). The van der Waals surface area contributed by atoms with Gasteiger partial charge in [0, 0.05) is 13.1 Å². The molecule has 0 aromatic carbocycles. The van der Waals surface area contributed by atoms with E-state index >= 15 is 0 Å². The zero-order chi connectivity index (χ0) is 11.7. The molecule has 0 aliphatic carbocycles. The monoisotopic (exact) mass is 234 g/mol. The fourth-order valence-electron chi connectivity index (χ4n) is 1.21. The van der Waals surface area contributed by atoms with Gasteiger partial charge in [-0.25, -0.2) is 0 Å². The van der Waals surface area contributed by atoms with Crippen molar-refractivity contribution in [3.8, 4) is 0 Å². The van der Waals surface area contributed by atoms with E-state index in [9.17, 15) is 4.79 Å². The van der Waals surface area contributed by atoms with Crippen molar-refractivity contribution in [3.05, 3.63) is 0 Å². The van der Waals surface area contributed by atoms with Crippen LogP contribution in [0.25, 0.3) is 0 Å². The van der Waals surface area contributed by atoms with Crippen LogP contribution in [0, 0.1) is 0 Å². The van der Waals surface area contributed by atoms with Gasteiger partial charge in [0.05, 0.1) is 0 Å². The van der Waals surface area contributed by atoms with Crippen LogP contribution in [-0.4, -0.2) is 61.2 Å². The highest BCUT2D eigenvalue weighted by molar-refractivity contribution is 7.98. The minimum atomic E-state index is -0.741. The largest absolute Gasteiger partial charge is 0.480 e. The second kappa shape index (κ2) is 9.00. The van der Waals surface area contributed by atoms with E-state index in [-0.39, 0.29) is 0 Å². The average Bonchev–Trinajstić information content (AvgIpc) is 2.15. The molecule has 0 bridgehead atoms. The first-order valence-corrected chi connectivity index (χ1v) is 6.57. The maximum absolute atomic E-state index is 10.9. The number of carbonyl (C=O) groups is 1. The van der Waals surface area contributed by atoms with Crippen LogP contribution >= 0.6 is 11.8 Å². The van der Waals surface area contributed by atoms with Crippen LogP contribution in [0.5, 0.6) is 0 Å². The summed E-state index contributed by atoms with van der Waals surface area (Å²) in [4.78, 5) is 12.9. The highest BCUT2D eigenvalue weighted by Crippen LogP contribution is 2.03. The van der Waals surface area contributed by atoms with Crippen molar-refractivity contribution in [1.82, 2.24) is 10.2 Å². The maximum atomic E-state index is 10.9. The van der Waals surface area contributed by atoms with Crippen molar-refractivity contribution in [1.29, 1.82) is 0 Å². The molecule has 0 spiro atoms. The zero-order valence-corrected chi connectivity index (χ0v) is 10.6. The summed E-state index contributed by atoms with van der Waals surface area (Å²) in [5.41, 5.74) is 0. The minimum Gasteiger partial charge on any atom is -0.480 e. The number of hydrogen-bond donors (Lipinski definition) is 2. The van der Waals surface area contributed by atoms with E-state index in [1.54, 1.807) is 11.8 Å². The molecule has 15 heavy (non-hydrogen) atoms. The average molecular weight is 234 g/mol. The summed E-state index contributed by atoms with van der Waals surface area (Å²) in [6.45, 7) is 1.59. The number of likely N-dealkylation sites (N-methyl/N-ethyl adjacent to an activating group) is 1. The zero-order valence-electron chi connectivity index (χ0n) is 9.82. The Balaban J connectivity index is 3.69. The van der Waals surface area contributed by atoms with Gasteiger partial charge in [0.15, 0.2) is 0 Å². The number of aliphatic carboxylic acids is 1. The minimum absolute atomic E-state index is 0.392. The maximum Gasteiger partial charge on any atom is 0.320 e. The Labute approximate surface area is 96.4 Å². The summed E-state index contributed by atoms with van der Waals surface area (Å²) in [6.07, 6.45) is 3.70. The van der Waals surface area contributed by atoms with E-state index in [1.165, 1.54) is 0 Å². The lowest BCUT2D eigenvalue weighted by molar-refractivity contribution is -0.139. The van der Waals surface area contributed by atoms with E-state index in [4.69, 9.17) is 5.11 Å². The van der Waals surface area contributed by atoms with Gasteiger partial charge in [0.2, 0.25) is 0 Å². The molecule has 4 nitrogen and oxygen atoms in total. The van der Waals surface area contributed by atoms with Gasteiger partial charge in [0.25, 0.3) is 0 Å². The van der Waals surface area contributed by atoms with Gasteiger partial charge in [-0.1, -0.05) is 0 Å². The lowest BCUT2D eigenvalue weighted by Gasteiger charge is -2.16. The van der Waals surface area contributed by atoms with Crippen molar-refractivity contribution < 1.29 is 9.90 Å². The molecule has 0 fully saturated rings. The lowest BCUT2D eigenvalue weighted by Crippen LogP contribution is -2.40. The molecule has 0 saturated carbocycles. The molecule has 90 valence electrons. The molecule has 0 amide bonds. The SMILES string of the molecule is CSCCCC(NCCN(C)C)C(=O)O. The molecule has 0 aliphatic heterocycles. The number of nitrogens with one attached hydrogen (secondary N) is 1. The summed E-state index contributed by atoms with van der Waals surface area (Å²) in [5.74, 6) is 0.286. The third-order valence-electron chi connectivity index (χ3n) is 2.09. The Hall–Kier alpha value is -0.260. The third-order valence-corrected chi connectivity index (χ3v) is 2.79. The van der Waals surface area contributed by atoms with Gasteiger partial charge in [-0.3, -0.25) is 4.79 Å². The van der Waals surface area contributed by atoms with E-state index < -0.39 is 12.0 Å². The molecule has 0 rings (SSSR count). The highest BCUT2D eigenvalue weighted by atomic mass is 32.2. The van der Waals surface area contributed by atoms with Gasteiger partial charge in [-0.15, -0.1) is 0 Å². The molecule has 0 radical (unpaired) electrons. The van der Waals surface area contributed by atoms with E-state index in [1.807, 2.05) is 25.3 Å². The van der Waals surface area contributed by atoms with Gasteiger partial charge in [0.1, 0.15) is 6.04 Å². The van der Waals surface area contributed by atoms with Crippen LogP contribution in [0.1, 0.15) is 12.8 Å². The molecule has 0 aliphatic rings. The first-order chi connectivity index (χ1) is 7.07. The van der Waals surface area contributed by atoms with E-state index in [2.05, 4.69) is 5.32 Å². The first-order valence-electron chi connectivity index (χ1n) is 5.17. The van der Waals surface area contributed by atoms with Crippen LogP contribution in [0.15, 0.2) is 0 Å². The molecule has 1 atom stereocenters. The number of hydrogen-bond acceptors (Lipinski definition) is 4. The number of carboxylic acid groups (broad SMARTS) is 1. The predicted molar refractivity (Wildman–Crippen MR) is 65.6 cm³/mol. The van der Waals surface area contributed by atoms with Crippen molar-refractivity contribution in [3.63, 3.8) is 0 Å². The molecular weight excluding hydrogens is 212 g/mol. The number of nitrogens with zero attached hydrogens (tertiary/aromatic N) is 1. The molecule has 1 unspecified atom stereocenters. The molecule has 2 N–H and O–H groups in total. The van der Waals surface area contributed by atoms with Crippen LogP contribution in [0.2, 0.25) is 0 Å². The second-order valence-electron chi connectivity index (χ2n) is 3.78. The van der Waals surface area contributed by atoms with Crippen LogP contribution in [0.4, 0.5) is 0 Å². The van der Waals surface area contributed by atoms with Crippen LogP contribution < -0.4 is 5.32 Å². The van der Waals surface area contributed by atoms with Crippen LogP contribution in [0.3, 0.4) is 0 Å². The van der Waals surface area contributed by atoms with Crippen molar-refractivity contribution in [2.24, 2.45) is 0 Å². The molecular formula is C10H22N2O2S. The van der Waals surface area contributed by atoms with Gasteiger partial charge in [-0.2, -0.15) is 11.8 Å². The summed E-state index contributed by atoms with van der Waals surface area (Å²) >= 11 is 1.76. The quantitative estimate of drug-likeness (QED) is 0.576. The summed E-state index contributed by atoms with van der Waals surface area (Å²) < 4.78 is 0. The first kappa shape index (κ1) is 14.7. The summed E-state index contributed by atoms with van der Waals surface area (Å²) in [7, 11) is 3.95. The Bertz CT molecular complexity index is 177. The third kappa shape index (κ3) is 8.72. The van der Waals surface area contributed by atoms with E-state index in [0.717, 1.165) is 25.3 Å². The predicted octanol–water partition coefficient (Wildman–Crippen LogP) is 0.734. The summed E-state index contributed by atoms with van der Waals surface area (Å²) in [6, 6.07) is -0.392. The Morgan fingerprint density at radius 3 is 2.67 bits per heavy atom. The Kier molecular flexibility index (Phi) is 8.85. The topological polar surface area (TPSA) is 52.6 Å². The number of carboxylic acids is 1. The Morgan fingerprint density at radius 1 is 1.53 bits per heavy atom. The summed E-state index contributed by atoms with van der Waals surface area (Å²) in [5, 5.41) is 12.0. The number of thioether (sulfide) groups is 1. The normalized spacial score (nSPS) is 13.1. The number of rotatable bonds is 9. The van der Waals surface area contributed by atoms with Crippen molar-refractivity contribution >= 4 is 17.7 Å². The van der Waals surface area contributed by atoms with Gasteiger partial charge in [-0.05, 0) is 38.9 Å². The molecule has 5 heteroatoms. The molecule has 0 heterocycles. The van der Waals surface area contributed by atoms with Gasteiger partial charge >= 0.3 is 5.97 Å². The van der Waals surface area contributed by atoms with Crippen LogP contribution in [-0.2, 0) is 4.79 Å².